The largest absolute Gasteiger partial charge is 0.493 e. The van der Waals surface area contributed by atoms with Crippen LogP contribution >= 0.6 is 0 Å². The van der Waals surface area contributed by atoms with Crippen molar-refractivity contribution in [2.24, 2.45) is 5.92 Å². The Morgan fingerprint density at radius 2 is 1.42 bits per heavy atom. The molecule has 0 bridgehead atoms. The first kappa shape index (κ1) is 55.9. The monoisotopic (exact) mass is 1020 g/mol. The Morgan fingerprint density at radius 3 is 2.03 bits per heavy atom. The van der Waals surface area contributed by atoms with Crippen LogP contribution in [0.25, 0.3) is 11.3 Å². The van der Waals surface area contributed by atoms with Crippen molar-refractivity contribution in [3.8, 4) is 17.1 Å². The van der Waals surface area contributed by atoms with E-state index in [0.717, 1.165) is 34.0 Å². The zero-order valence-corrected chi connectivity index (χ0v) is 42.2. The summed E-state index contributed by atoms with van der Waals surface area (Å²) in [6.45, 7) is 5.13. The third-order valence-corrected chi connectivity index (χ3v) is 12.7. The number of nitrogens with zero attached hydrogens (tertiary/aromatic N) is 2. The molecule has 0 saturated heterocycles. The molecule has 0 radical (unpaired) electrons. The fourth-order valence-corrected chi connectivity index (χ4v) is 7.98. The van der Waals surface area contributed by atoms with E-state index in [1.807, 2.05) is 19.1 Å². The van der Waals surface area contributed by atoms with E-state index in [1.165, 1.54) is 55.6 Å². The summed E-state index contributed by atoms with van der Waals surface area (Å²) in [4.78, 5) is 98.2. The highest BCUT2D eigenvalue weighted by Crippen LogP contribution is 2.30. The first-order valence-electron chi connectivity index (χ1n) is 23.7. The first-order chi connectivity index (χ1) is 35.1. The molecule has 0 aliphatic carbocycles. The van der Waals surface area contributed by atoms with Gasteiger partial charge in [-0.3, -0.25) is 28.3 Å². The summed E-state index contributed by atoms with van der Waals surface area (Å²) in [5.74, 6) is -5.03. The van der Waals surface area contributed by atoms with Crippen molar-refractivity contribution in [3.05, 3.63) is 143 Å². The standard InChI is InChI=1S/C53H61N5O14S/c1-6-9-12-21-41(44(7-2)58(35-59)72-52(64)38-22-25-40(26-23-38)57(4)73(5,66)67)49(61)54-34-55-51(63)46-29-28-45(71-46)39-24-27-42(47(30-39)68-8-3)50(62)56-43(53(65)70-33-37-19-15-11-16-20-37)31-48(60)69-32-36-17-13-10-14-18-36/h10-11,13-20,22-30,35,41,43-44H,6-9,12,21,31-34H2,1-5H3,(H,54,61)(H,55,63)(H,56,62). The number of hydrogen-bond acceptors (Lipinski definition) is 14. The van der Waals surface area contributed by atoms with Crippen molar-refractivity contribution >= 4 is 57.8 Å². The average Bonchev–Trinajstić information content (AvgIpc) is 3.90. The van der Waals surface area contributed by atoms with Crippen LogP contribution in [-0.2, 0) is 56.7 Å². The molecule has 1 aromatic heterocycles. The van der Waals surface area contributed by atoms with Crippen LogP contribution in [0.5, 0.6) is 5.75 Å². The first-order valence-corrected chi connectivity index (χ1v) is 25.5. The summed E-state index contributed by atoms with van der Waals surface area (Å²) in [7, 11) is -2.19. The number of furan rings is 1. The van der Waals surface area contributed by atoms with Gasteiger partial charge in [0.2, 0.25) is 22.3 Å². The molecule has 1 heterocycles. The lowest BCUT2D eigenvalue weighted by Crippen LogP contribution is -2.49. The lowest BCUT2D eigenvalue weighted by atomic mass is 9.90. The van der Waals surface area contributed by atoms with Crippen molar-refractivity contribution in [1.82, 2.24) is 21.0 Å². The number of nitrogens with one attached hydrogen (secondary N) is 3. The van der Waals surface area contributed by atoms with Gasteiger partial charge >= 0.3 is 17.9 Å². The zero-order valence-electron chi connectivity index (χ0n) is 41.4. The van der Waals surface area contributed by atoms with Crippen LogP contribution in [-0.4, -0.2) is 94.2 Å². The van der Waals surface area contributed by atoms with Crippen LogP contribution in [0.2, 0.25) is 0 Å². The lowest BCUT2D eigenvalue weighted by Gasteiger charge is -2.31. The van der Waals surface area contributed by atoms with Crippen molar-refractivity contribution in [2.75, 3.05) is 30.9 Å². The van der Waals surface area contributed by atoms with Crippen LogP contribution in [0, 0.1) is 5.92 Å². The number of esters is 2. The quantitative estimate of drug-likeness (QED) is 0.0155. The van der Waals surface area contributed by atoms with Gasteiger partial charge in [-0.1, -0.05) is 99.8 Å². The van der Waals surface area contributed by atoms with E-state index in [-0.39, 0.29) is 61.3 Å². The molecule has 3 unspecified atom stereocenters. The SMILES string of the molecule is CCCCCC(C(=O)NCNC(=O)c1ccc(-c2ccc(C(=O)NC(CC(=O)OCc3ccccc3)C(=O)OCc3ccccc3)c(OCC)c2)o1)C(CC)N(C=O)OC(=O)c1ccc(N(C)S(C)(=O)=O)cc1. The maximum Gasteiger partial charge on any atom is 0.363 e. The second kappa shape index (κ2) is 27.6. The molecule has 5 aromatic rings. The van der Waals surface area contributed by atoms with E-state index in [4.69, 9.17) is 23.5 Å². The van der Waals surface area contributed by atoms with Gasteiger partial charge in [0.15, 0.2) is 5.76 Å². The molecule has 0 aliphatic rings. The van der Waals surface area contributed by atoms with Gasteiger partial charge in [-0.05, 0) is 79.4 Å². The molecular weight excluding hydrogens is 963 g/mol. The minimum Gasteiger partial charge on any atom is -0.493 e. The normalized spacial score (nSPS) is 12.2. The molecule has 0 saturated carbocycles. The van der Waals surface area contributed by atoms with Crippen LogP contribution in [0.4, 0.5) is 5.69 Å². The van der Waals surface area contributed by atoms with Gasteiger partial charge in [0.25, 0.3) is 11.8 Å². The van der Waals surface area contributed by atoms with Gasteiger partial charge in [0.1, 0.15) is 30.8 Å². The Kier molecular flexibility index (Phi) is 21.1. The Balaban J connectivity index is 1.23. The highest BCUT2D eigenvalue weighted by atomic mass is 32.2. The molecule has 388 valence electrons. The van der Waals surface area contributed by atoms with E-state index in [9.17, 15) is 42.0 Å². The third-order valence-electron chi connectivity index (χ3n) is 11.5. The summed E-state index contributed by atoms with van der Waals surface area (Å²) < 4.78 is 47.5. The summed E-state index contributed by atoms with van der Waals surface area (Å²) in [6.07, 6.45) is 3.66. The second-order valence-electron chi connectivity index (χ2n) is 16.7. The number of ether oxygens (including phenoxy) is 3. The number of carbonyl (C=O) groups is 7. The summed E-state index contributed by atoms with van der Waals surface area (Å²) >= 11 is 0. The summed E-state index contributed by atoms with van der Waals surface area (Å²) in [6, 6.07) is 28.6. The summed E-state index contributed by atoms with van der Waals surface area (Å²) in [5, 5.41) is 8.71. The topological polar surface area (TPSA) is 246 Å². The zero-order chi connectivity index (χ0) is 52.9. The fourth-order valence-electron chi connectivity index (χ4n) is 7.47. The minimum absolute atomic E-state index is 0.0311. The van der Waals surface area contributed by atoms with E-state index in [2.05, 4.69) is 16.0 Å². The lowest BCUT2D eigenvalue weighted by molar-refractivity contribution is -0.171. The molecule has 0 fully saturated rings. The van der Waals surface area contributed by atoms with Crippen molar-refractivity contribution in [2.45, 2.75) is 84.6 Å². The molecule has 3 atom stereocenters. The maximum atomic E-state index is 13.8. The number of unbranched alkanes of at least 4 members (excludes halogenated alkanes) is 2. The van der Waals surface area contributed by atoms with E-state index in [0.29, 0.717) is 36.1 Å². The van der Waals surface area contributed by atoms with E-state index >= 15 is 0 Å². The average molecular weight is 1020 g/mol. The molecule has 0 spiro atoms. The summed E-state index contributed by atoms with van der Waals surface area (Å²) in [5.41, 5.74) is 2.24. The Bertz CT molecular complexity index is 2770. The van der Waals surface area contributed by atoms with Crippen LogP contribution in [0.3, 0.4) is 0 Å². The Labute approximate surface area is 424 Å². The molecule has 19 nitrogen and oxygen atoms in total. The smallest absolute Gasteiger partial charge is 0.363 e. The molecule has 0 aliphatic heterocycles. The van der Waals surface area contributed by atoms with Crippen LogP contribution in [0.1, 0.15) is 102 Å². The minimum atomic E-state index is -3.55. The third kappa shape index (κ3) is 16.5. The van der Waals surface area contributed by atoms with Crippen molar-refractivity contribution in [3.63, 3.8) is 0 Å². The van der Waals surface area contributed by atoms with E-state index < -0.39 is 70.1 Å². The molecule has 4 aromatic carbocycles. The number of hydroxylamine groups is 2. The molecular formula is C53H61N5O14S. The van der Waals surface area contributed by atoms with Gasteiger partial charge in [-0.25, -0.2) is 18.0 Å². The second-order valence-corrected chi connectivity index (χ2v) is 18.7. The molecule has 3 N–H and O–H groups in total. The van der Waals surface area contributed by atoms with Crippen LogP contribution in [0.15, 0.2) is 120 Å². The highest BCUT2D eigenvalue weighted by Gasteiger charge is 2.34. The Hall–Kier alpha value is -8.00. The van der Waals surface area contributed by atoms with Gasteiger partial charge < -0.3 is 39.4 Å². The number of benzene rings is 4. The number of sulfonamides is 1. The number of rotatable bonds is 28. The number of hydrogen-bond donors (Lipinski definition) is 3. The van der Waals surface area contributed by atoms with Gasteiger partial charge in [-0.2, -0.15) is 5.06 Å². The molecule has 73 heavy (non-hydrogen) atoms. The predicted molar refractivity (Wildman–Crippen MR) is 269 cm³/mol. The highest BCUT2D eigenvalue weighted by molar-refractivity contribution is 7.92. The van der Waals surface area contributed by atoms with E-state index in [1.54, 1.807) is 68.4 Å². The van der Waals surface area contributed by atoms with Crippen LogP contribution < -0.4 is 25.0 Å². The predicted octanol–water partition coefficient (Wildman–Crippen LogP) is 6.73. The molecule has 4 amide bonds. The van der Waals surface area contributed by atoms with Gasteiger partial charge in [0.05, 0.1) is 54.7 Å². The molecule has 20 heteroatoms. The number of anilines is 1. The van der Waals surface area contributed by atoms with Gasteiger partial charge in [0, 0.05) is 12.6 Å². The Morgan fingerprint density at radius 1 is 0.767 bits per heavy atom. The fraction of sp³-hybridized carbons (Fsp3) is 0.340. The van der Waals surface area contributed by atoms with Gasteiger partial charge in [-0.15, -0.1) is 0 Å². The van der Waals surface area contributed by atoms with Crippen molar-refractivity contribution in [1.29, 1.82) is 0 Å². The van der Waals surface area contributed by atoms with Crippen molar-refractivity contribution < 1.29 is 65.4 Å². The molecule has 5 rings (SSSR count). The maximum absolute atomic E-state index is 13.8. The number of carbonyl (C=O) groups excluding carboxylic acids is 7. The number of amides is 4.